The number of carbonyl (C=O) groups is 1. The molecule has 0 bridgehead atoms. The van der Waals surface area contributed by atoms with Gasteiger partial charge in [-0.2, -0.15) is 12.7 Å². The van der Waals surface area contributed by atoms with Crippen LogP contribution in [0.3, 0.4) is 0 Å². The molecule has 2 rings (SSSR count). The van der Waals surface area contributed by atoms with Gasteiger partial charge in [-0.3, -0.25) is 4.18 Å². The van der Waals surface area contributed by atoms with Crippen molar-refractivity contribution in [3.63, 3.8) is 0 Å². The average Bonchev–Trinajstić information content (AvgIpc) is 2.64. The van der Waals surface area contributed by atoms with Crippen molar-refractivity contribution in [3.05, 3.63) is 34.9 Å². The fourth-order valence-electron chi connectivity index (χ4n) is 1.87. The van der Waals surface area contributed by atoms with E-state index in [0.717, 1.165) is 0 Å². The molecule has 0 aromatic heterocycles. The third-order valence-corrected chi connectivity index (χ3v) is 4.30. The van der Waals surface area contributed by atoms with Crippen LogP contribution in [0.15, 0.2) is 24.3 Å². The highest BCUT2D eigenvalue weighted by atomic mass is 35.5. The summed E-state index contributed by atoms with van der Waals surface area (Å²) in [5.41, 5.74) is -0.203. The van der Waals surface area contributed by atoms with E-state index in [1.165, 1.54) is 0 Å². The zero-order valence-corrected chi connectivity index (χ0v) is 13.4. The molecule has 1 fully saturated rings. The summed E-state index contributed by atoms with van der Waals surface area (Å²) in [6.45, 7) is 4.83. The van der Waals surface area contributed by atoms with Gasteiger partial charge in [0, 0.05) is 5.02 Å². The molecule has 0 N–H and O–H groups in total. The highest BCUT2D eigenvalue weighted by Crippen LogP contribution is 2.33. The lowest BCUT2D eigenvalue weighted by atomic mass is 10.1. The van der Waals surface area contributed by atoms with Gasteiger partial charge in [-0.25, -0.2) is 4.79 Å². The molecule has 8 heteroatoms. The normalized spacial score (nSPS) is 21.3. The fraction of sp³-hybridized carbons (Fsp3) is 0.462. The third kappa shape index (κ3) is 3.66. The van der Waals surface area contributed by atoms with Crippen molar-refractivity contribution in [3.8, 4) is 0 Å². The Morgan fingerprint density at radius 2 is 1.90 bits per heavy atom. The molecule has 1 aliphatic rings. The summed E-state index contributed by atoms with van der Waals surface area (Å²) in [4.78, 5) is 12.1. The maximum Gasteiger partial charge on any atom is 0.426 e. The van der Waals surface area contributed by atoms with Crippen LogP contribution in [0.2, 0.25) is 5.02 Å². The number of halogens is 1. The Morgan fingerprint density at radius 3 is 2.43 bits per heavy atom. The second kappa shape index (κ2) is 5.47. The van der Waals surface area contributed by atoms with Gasteiger partial charge in [-0.15, -0.1) is 0 Å². The van der Waals surface area contributed by atoms with Crippen LogP contribution in [-0.2, 0) is 19.2 Å². The molecule has 1 heterocycles. The van der Waals surface area contributed by atoms with Gasteiger partial charge in [0.2, 0.25) is 0 Å². The minimum Gasteiger partial charge on any atom is -0.443 e. The number of hydrogen-bond acceptors (Lipinski definition) is 5. The van der Waals surface area contributed by atoms with Crippen LogP contribution in [0.25, 0.3) is 0 Å². The number of amides is 1. The maximum absolute atomic E-state index is 12.1. The van der Waals surface area contributed by atoms with Crippen LogP contribution in [-0.4, -0.2) is 31.0 Å². The molecule has 0 radical (unpaired) electrons. The lowest BCUT2D eigenvalue weighted by Gasteiger charge is -2.26. The number of carbonyl (C=O) groups excluding carboxylic acids is 1. The number of nitrogens with zero attached hydrogens (tertiary/aromatic N) is 1. The van der Waals surface area contributed by atoms with Crippen LogP contribution in [0, 0.1) is 0 Å². The number of ether oxygens (including phenoxy) is 1. The Kier molecular flexibility index (Phi) is 4.19. The predicted octanol–water partition coefficient (Wildman–Crippen LogP) is 2.89. The second-order valence-electron chi connectivity index (χ2n) is 5.59. The van der Waals surface area contributed by atoms with E-state index in [-0.39, 0.29) is 6.61 Å². The Labute approximate surface area is 128 Å². The number of hydrogen-bond donors (Lipinski definition) is 0. The molecule has 6 nitrogen and oxygen atoms in total. The average molecular weight is 334 g/mol. The molecule has 1 amide bonds. The van der Waals surface area contributed by atoms with E-state index in [1.54, 1.807) is 45.0 Å². The smallest absolute Gasteiger partial charge is 0.426 e. The summed E-state index contributed by atoms with van der Waals surface area (Å²) < 4.78 is 34.3. The Bertz CT molecular complexity index is 636. The Hall–Kier alpha value is -1.31. The molecular weight excluding hydrogens is 318 g/mol. The molecule has 1 saturated heterocycles. The Balaban J connectivity index is 2.33. The molecule has 21 heavy (non-hydrogen) atoms. The second-order valence-corrected chi connectivity index (χ2v) is 7.51. The number of benzene rings is 1. The molecule has 1 aromatic rings. The van der Waals surface area contributed by atoms with Gasteiger partial charge in [-0.05, 0) is 38.5 Å². The zero-order chi connectivity index (χ0) is 15.8. The van der Waals surface area contributed by atoms with Gasteiger partial charge in [0.05, 0.1) is 6.61 Å². The SMILES string of the molecule is CC(C)(C)OC(=O)N1C(c2ccc(Cl)cc2)COS1(=O)=O. The van der Waals surface area contributed by atoms with Crippen molar-refractivity contribution < 1.29 is 22.1 Å². The molecule has 0 saturated carbocycles. The molecule has 1 unspecified atom stereocenters. The molecule has 1 aliphatic heterocycles. The first-order valence-corrected chi connectivity index (χ1v) is 8.02. The van der Waals surface area contributed by atoms with Crippen LogP contribution < -0.4 is 0 Å². The van der Waals surface area contributed by atoms with Crippen LogP contribution >= 0.6 is 11.6 Å². The van der Waals surface area contributed by atoms with Crippen molar-refractivity contribution in [2.24, 2.45) is 0 Å². The van der Waals surface area contributed by atoms with E-state index in [0.29, 0.717) is 14.9 Å². The minimum atomic E-state index is -4.14. The standard InChI is InChI=1S/C13H16ClNO5S/c1-13(2,3)20-12(16)15-11(8-19-21(15,17)18)9-4-6-10(14)7-5-9/h4-7,11H,8H2,1-3H3. The quantitative estimate of drug-likeness (QED) is 0.790. The van der Waals surface area contributed by atoms with E-state index in [9.17, 15) is 13.2 Å². The van der Waals surface area contributed by atoms with E-state index in [1.807, 2.05) is 0 Å². The van der Waals surface area contributed by atoms with Gasteiger partial charge in [0.1, 0.15) is 11.6 Å². The van der Waals surface area contributed by atoms with Crippen molar-refractivity contribution in [2.75, 3.05) is 6.61 Å². The molecule has 0 spiro atoms. The monoisotopic (exact) mass is 333 g/mol. The molecular formula is C13H16ClNO5S. The van der Waals surface area contributed by atoms with Crippen molar-refractivity contribution in [1.82, 2.24) is 4.31 Å². The van der Waals surface area contributed by atoms with E-state index in [2.05, 4.69) is 0 Å². The van der Waals surface area contributed by atoms with Crippen molar-refractivity contribution in [1.29, 1.82) is 0 Å². The van der Waals surface area contributed by atoms with Crippen molar-refractivity contribution in [2.45, 2.75) is 32.4 Å². The van der Waals surface area contributed by atoms with Crippen LogP contribution in [0.1, 0.15) is 32.4 Å². The zero-order valence-electron chi connectivity index (χ0n) is 11.9. The van der Waals surface area contributed by atoms with Gasteiger partial charge in [0.25, 0.3) is 0 Å². The first kappa shape index (κ1) is 16.1. The van der Waals surface area contributed by atoms with Gasteiger partial charge in [0.15, 0.2) is 0 Å². The summed E-state index contributed by atoms with van der Waals surface area (Å²) in [5, 5.41) is 0.518. The topological polar surface area (TPSA) is 72.9 Å². The van der Waals surface area contributed by atoms with Gasteiger partial charge < -0.3 is 4.74 Å². The predicted molar refractivity (Wildman–Crippen MR) is 77.1 cm³/mol. The minimum absolute atomic E-state index is 0.150. The highest BCUT2D eigenvalue weighted by Gasteiger charge is 2.45. The molecule has 0 aliphatic carbocycles. The van der Waals surface area contributed by atoms with E-state index >= 15 is 0 Å². The lowest BCUT2D eigenvalue weighted by molar-refractivity contribution is 0.0356. The lowest BCUT2D eigenvalue weighted by Crippen LogP contribution is -2.39. The summed E-state index contributed by atoms with van der Waals surface area (Å²) in [7, 11) is -4.14. The Morgan fingerprint density at radius 1 is 1.33 bits per heavy atom. The molecule has 1 aromatic carbocycles. The van der Waals surface area contributed by atoms with Crippen LogP contribution in [0.5, 0.6) is 0 Å². The largest absolute Gasteiger partial charge is 0.443 e. The number of rotatable bonds is 1. The molecule has 116 valence electrons. The maximum atomic E-state index is 12.1. The summed E-state index contributed by atoms with van der Waals surface area (Å²) in [6, 6.07) is 5.77. The van der Waals surface area contributed by atoms with E-state index in [4.69, 9.17) is 20.5 Å². The van der Waals surface area contributed by atoms with Gasteiger partial charge in [-0.1, -0.05) is 23.7 Å². The van der Waals surface area contributed by atoms with E-state index < -0.39 is 28.0 Å². The summed E-state index contributed by atoms with van der Waals surface area (Å²) in [5.74, 6) is 0. The van der Waals surface area contributed by atoms with Crippen LogP contribution in [0.4, 0.5) is 4.79 Å². The van der Waals surface area contributed by atoms with Gasteiger partial charge >= 0.3 is 16.4 Å². The third-order valence-electron chi connectivity index (χ3n) is 2.73. The first-order valence-electron chi connectivity index (χ1n) is 6.27. The summed E-state index contributed by atoms with van der Waals surface area (Å²) in [6.07, 6.45) is -0.958. The first-order chi connectivity index (χ1) is 9.60. The fourth-order valence-corrected chi connectivity index (χ4v) is 3.13. The molecule has 1 atom stereocenters. The van der Waals surface area contributed by atoms with Crippen molar-refractivity contribution >= 4 is 28.0 Å². The highest BCUT2D eigenvalue weighted by molar-refractivity contribution is 7.85. The summed E-state index contributed by atoms with van der Waals surface area (Å²) >= 11 is 5.81.